The van der Waals surface area contributed by atoms with Crippen LogP contribution in [0.5, 0.6) is 0 Å². The molecule has 2 saturated heterocycles. The van der Waals surface area contributed by atoms with E-state index in [1.54, 1.807) is 6.07 Å². The summed E-state index contributed by atoms with van der Waals surface area (Å²) in [5.74, 6) is 1.43. The van der Waals surface area contributed by atoms with Crippen molar-refractivity contribution in [1.82, 2.24) is 14.9 Å². The summed E-state index contributed by atoms with van der Waals surface area (Å²) in [7, 11) is 2.24. The fourth-order valence-electron chi connectivity index (χ4n) is 3.67. The highest BCUT2D eigenvalue weighted by molar-refractivity contribution is 5.93. The second kappa shape index (κ2) is 5.60. The van der Waals surface area contributed by atoms with Crippen molar-refractivity contribution in [3.05, 3.63) is 17.5 Å². The summed E-state index contributed by atoms with van der Waals surface area (Å²) in [6.07, 6.45) is 3.73. The quantitative estimate of drug-likeness (QED) is 0.626. The van der Waals surface area contributed by atoms with Gasteiger partial charge in [-0.1, -0.05) is 0 Å². The van der Waals surface area contributed by atoms with E-state index in [0.29, 0.717) is 17.7 Å². The minimum atomic E-state index is 0.00837. The number of anilines is 1. The van der Waals surface area contributed by atoms with Gasteiger partial charge < -0.3 is 15.5 Å². The van der Waals surface area contributed by atoms with Crippen LogP contribution in [0.4, 0.5) is 5.95 Å². The summed E-state index contributed by atoms with van der Waals surface area (Å²) in [5.41, 5.74) is 6.97. The normalized spacial score (nSPS) is 26.5. The Hall–Kier alpha value is -1.69. The molecule has 6 nitrogen and oxygen atoms in total. The van der Waals surface area contributed by atoms with Crippen LogP contribution in [0.15, 0.2) is 6.07 Å². The zero-order valence-electron chi connectivity index (χ0n) is 12.8. The number of hydrogen-bond acceptors (Lipinski definition) is 5. The molecule has 0 aromatic carbocycles. The largest absolute Gasteiger partial charge is 0.382 e. The number of piperidine rings is 2. The van der Waals surface area contributed by atoms with E-state index in [9.17, 15) is 0 Å². The molecular formula is C15H24N6. The van der Waals surface area contributed by atoms with Crippen LogP contribution in [0, 0.1) is 18.3 Å². The molecule has 114 valence electrons. The third-order valence-corrected chi connectivity index (χ3v) is 4.75. The molecule has 0 saturated carbocycles. The molecule has 0 aliphatic carbocycles. The van der Waals surface area contributed by atoms with Crippen LogP contribution in [0.25, 0.3) is 0 Å². The molecule has 0 spiro atoms. The Balaban J connectivity index is 1.80. The molecule has 0 amide bonds. The zero-order chi connectivity index (χ0) is 15.0. The lowest BCUT2D eigenvalue weighted by Gasteiger charge is -2.46. The highest BCUT2D eigenvalue weighted by Crippen LogP contribution is 2.30. The van der Waals surface area contributed by atoms with Crippen LogP contribution in [-0.4, -0.2) is 53.4 Å². The summed E-state index contributed by atoms with van der Waals surface area (Å²) < 4.78 is 0. The lowest BCUT2D eigenvalue weighted by atomic mass is 9.84. The lowest BCUT2D eigenvalue weighted by Crippen LogP contribution is -2.53. The van der Waals surface area contributed by atoms with Crippen molar-refractivity contribution in [1.29, 1.82) is 5.41 Å². The number of fused-ring (bicyclic) bond motifs is 1. The van der Waals surface area contributed by atoms with Gasteiger partial charge in [0.1, 0.15) is 11.5 Å². The third kappa shape index (κ3) is 2.85. The molecule has 2 atom stereocenters. The Kier molecular flexibility index (Phi) is 3.80. The summed E-state index contributed by atoms with van der Waals surface area (Å²) in [5, 5.41) is 7.58. The minimum Gasteiger partial charge on any atom is -0.382 e. The molecule has 3 N–H and O–H groups in total. The topological polar surface area (TPSA) is 82.1 Å². The summed E-state index contributed by atoms with van der Waals surface area (Å²) in [6, 6.07) is 2.47. The van der Waals surface area contributed by atoms with Gasteiger partial charge in [0, 0.05) is 24.8 Å². The Bertz CT molecular complexity index is 543. The zero-order valence-corrected chi connectivity index (χ0v) is 12.8. The molecule has 2 fully saturated rings. The Morgan fingerprint density at radius 3 is 2.90 bits per heavy atom. The fourth-order valence-corrected chi connectivity index (χ4v) is 3.67. The van der Waals surface area contributed by atoms with Crippen LogP contribution >= 0.6 is 0 Å². The van der Waals surface area contributed by atoms with Crippen molar-refractivity contribution in [2.75, 3.05) is 31.6 Å². The SMILES string of the molecule is Cc1cc(C(=N)N)nc(N2CCC3C(CCCN3C)C2)n1. The summed E-state index contributed by atoms with van der Waals surface area (Å²) in [6.45, 7) is 5.14. The van der Waals surface area contributed by atoms with E-state index >= 15 is 0 Å². The van der Waals surface area contributed by atoms with E-state index in [-0.39, 0.29) is 5.84 Å². The van der Waals surface area contributed by atoms with Crippen LogP contribution in [0.2, 0.25) is 0 Å². The van der Waals surface area contributed by atoms with Gasteiger partial charge in [0.05, 0.1) is 0 Å². The molecule has 2 aliphatic heterocycles. The molecule has 1 aromatic heterocycles. The van der Waals surface area contributed by atoms with Gasteiger partial charge in [-0.2, -0.15) is 0 Å². The molecule has 0 radical (unpaired) electrons. The Morgan fingerprint density at radius 1 is 1.33 bits per heavy atom. The first-order chi connectivity index (χ1) is 10.0. The van der Waals surface area contributed by atoms with Gasteiger partial charge in [-0.3, -0.25) is 5.41 Å². The summed E-state index contributed by atoms with van der Waals surface area (Å²) >= 11 is 0. The second-order valence-corrected chi connectivity index (χ2v) is 6.29. The number of aromatic nitrogens is 2. The van der Waals surface area contributed by atoms with Gasteiger partial charge in [-0.25, -0.2) is 9.97 Å². The number of likely N-dealkylation sites (tertiary alicyclic amines) is 1. The highest BCUT2D eigenvalue weighted by atomic mass is 15.3. The lowest BCUT2D eigenvalue weighted by molar-refractivity contribution is 0.102. The highest BCUT2D eigenvalue weighted by Gasteiger charge is 2.35. The van der Waals surface area contributed by atoms with Crippen molar-refractivity contribution in [3.8, 4) is 0 Å². The number of nitrogens with two attached hydrogens (primary N) is 1. The number of nitrogens with zero attached hydrogens (tertiary/aromatic N) is 4. The number of amidine groups is 1. The smallest absolute Gasteiger partial charge is 0.226 e. The van der Waals surface area contributed by atoms with Gasteiger partial charge >= 0.3 is 0 Å². The van der Waals surface area contributed by atoms with Gasteiger partial charge in [-0.05, 0) is 51.8 Å². The second-order valence-electron chi connectivity index (χ2n) is 6.29. The summed E-state index contributed by atoms with van der Waals surface area (Å²) in [4.78, 5) is 13.8. The first kappa shape index (κ1) is 14.3. The Labute approximate surface area is 125 Å². The molecule has 2 unspecified atom stereocenters. The maximum atomic E-state index is 7.58. The number of rotatable bonds is 2. The van der Waals surface area contributed by atoms with E-state index in [1.807, 2.05) is 6.92 Å². The van der Waals surface area contributed by atoms with E-state index < -0.39 is 0 Å². The molecule has 1 aromatic rings. The van der Waals surface area contributed by atoms with Crippen molar-refractivity contribution in [2.45, 2.75) is 32.2 Å². The van der Waals surface area contributed by atoms with Gasteiger partial charge in [0.2, 0.25) is 5.95 Å². The third-order valence-electron chi connectivity index (χ3n) is 4.75. The van der Waals surface area contributed by atoms with Gasteiger partial charge in [0.25, 0.3) is 0 Å². The van der Waals surface area contributed by atoms with Crippen LogP contribution in [0.1, 0.15) is 30.7 Å². The standard InChI is InChI=1S/C15H24N6/c1-10-8-12(14(16)17)19-15(18-10)21-7-5-13-11(9-21)4-3-6-20(13)2/h8,11,13H,3-7,9H2,1-2H3,(H3,16,17). The van der Waals surface area contributed by atoms with E-state index in [0.717, 1.165) is 31.2 Å². The first-order valence-electron chi connectivity index (χ1n) is 7.70. The van der Waals surface area contributed by atoms with Crippen molar-refractivity contribution in [2.24, 2.45) is 11.7 Å². The van der Waals surface area contributed by atoms with Crippen LogP contribution in [0.3, 0.4) is 0 Å². The number of nitrogen functional groups attached to an aromatic ring is 1. The van der Waals surface area contributed by atoms with Crippen LogP contribution in [-0.2, 0) is 0 Å². The van der Waals surface area contributed by atoms with Gasteiger partial charge in [-0.15, -0.1) is 0 Å². The van der Waals surface area contributed by atoms with E-state index in [4.69, 9.17) is 11.1 Å². The molecule has 21 heavy (non-hydrogen) atoms. The maximum Gasteiger partial charge on any atom is 0.226 e. The van der Waals surface area contributed by atoms with Crippen LogP contribution < -0.4 is 10.6 Å². The average Bonchev–Trinajstić information content (AvgIpc) is 2.46. The molecule has 0 bridgehead atoms. The molecule has 3 heterocycles. The maximum absolute atomic E-state index is 7.58. The molecule has 2 aliphatic rings. The number of aryl methyl sites for hydroxylation is 1. The molecular weight excluding hydrogens is 264 g/mol. The number of nitrogens with one attached hydrogen (secondary N) is 1. The Morgan fingerprint density at radius 2 is 2.14 bits per heavy atom. The van der Waals surface area contributed by atoms with E-state index in [2.05, 4.69) is 26.8 Å². The van der Waals surface area contributed by atoms with Crippen molar-refractivity contribution in [3.63, 3.8) is 0 Å². The van der Waals surface area contributed by atoms with E-state index in [1.165, 1.54) is 19.4 Å². The average molecular weight is 288 g/mol. The molecule has 3 rings (SSSR count). The predicted octanol–water partition coefficient (Wildman–Crippen LogP) is 0.990. The number of hydrogen-bond donors (Lipinski definition) is 2. The van der Waals surface area contributed by atoms with Crippen molar-refractivity contribution >= 4 is 11.8 Å². The van der Waals surface area contributed by atoms with Crippen molar-refractivity contribution < 1.29 is 0 Å². The monoisotopic (exact) mass is 288 g/mol. The first-order valence-corrected chi connectivity index (χ1v) is 7.70. The van der Waals surface area contributed by atoms with Gasteiger partial charge in [0.15, 0.2) is 0 Å². The molecule has 6 heteroatoms. The fraction of sp³-hybridized carbons (Fsp3) is 0.667. The minimum absolute atomic E-state index is 0.00837. The predicted molar refractivity (Wildman–Crippen MR) is 83.8 cm³/mol.